The van der Waals surface area contributed by atoms with Gasteiger partial charge in [-0.2, -0.15) is 0 Å². The van der Waals surface area contributed by atoms with Gasteiger partial charge >= 0.3 is 8.56 Å². The van der Waals surface area contributed by atoms with E-state index in [1.54, 1.807) is 0 Å². The van der Waals surface area contributed by atoms with Gasteiger partial charge in [0.1, 0.15) is 0 Å². The van der Waals surface area contributed by atoms with Crippen LogP contribution in [0.4, 0.5) is 0 Å². The molecule has 0 amide bonds. The summed E-state index contributed by atoms with van der Waals surface area (Å²) >= 11 is 0. The van der Waals surface area contributed by atoms with Gasteiger partial charge in [-0.05, 0) is 39.3 Å². The lowest BCUT2D eigenvalue weighted by atomic mass is 10.4. The predicted molar refractivity (Wildman–Crippen MR) is 74.5 cm³/mol. The molecule has 0 fully saturated rings. The Morgan fingerprint density at radius 1 is 1.12 bits per heavy atom. The molecule has 17 heavy (non-hydrogen) atoms. The predicted octanol–water partition coefficient (Wildman–Crippen LogP) is 3.50. The maximum atomic E-state index is 5.89. The van der Waals surface area contributed by atoms with Crippen LogP contribution in [0.2, 0.25) is 12.1 Å². The van der Waals surface area contributed by atoms with Crippen molar-refractivity contribution in [2.24, 2.45) is 0 Å². The molecule has 0 spiro atoms. The second kappa shape index (κ2) is 9.83. The SMILES string of the molecule is C=C(C)COCCC[Si](CC)(OCC)OCC. The minimum Gasteiger partial charge on any atom is -0.394 e. The van der Waals surface area contributed by atoms with E-state index < -0.39 is 8.56 Å². The van der Waals surface area contributed by atoms with E-state index in [4.69, 9.17) is 13.6 Å². The van der Waals surface area contributed by atoms with Crippen LogP contribution in [-0.4, -0.2) is 35.0 Å². The number of hydrogen-bond acceptors (Lipinski definition) is 3. The fraction of sp³-hybridized carbons (Fsp3) is 0.846. The molecule has 4 heteroatoms. The summed E-state index contributed by atoms with van der Waals surface area (Å²) in [7, 11) is -1.95. The zero-order valence-electron chi connectivity index (χ0n) is 11.9. The summed E-state index contributed by atoms with van der Waals surface area (Å²) < 4.78 is 17.3. The Morgan fingerprint density at radius 3 is 2.12 bits per heavy atom. The van der Waals surface area contributed by atoms with E-state index in [0.29, 0.717) is 6.61 Å². The average Bonchev–Trinajstić information content (AvgIpc) is 2.28. The Labute approximate surface area is 107 Å². The van der Waals surface area contributed by atoms with E-state index in [2.05, 4.69) is 13.5 Å². The first-order valence-electron chi connectivity index (χ1n) is 6.60. The third kappa shape index (κ3) is 7.71. The van der Waals surface area contributed by atoms with E-state index in [1.807, 2.05) is 20.8 Å². The van der Waals surface area contributed by atoms with E-state index in [9.17, 15) is 0 Å². The molecule has 102 valence electrons. The molecule has 3 nitrogen and oxygen atoms in total. The summed E-state index contributed by atoms with van der Waals surface area (Å²) in [6, 6.07) is 2.02. The molecule has 0 radical (unpaired) electrons. The molecule has 0 saturated carbocycles. The normalized spacial score (nSPS) is 11.8. The Hall–Kier alpha value is -0.163. The van der Waals surface area contributed by atoms with Crippen LogP contribution < -0.4 is 0 Å². The molecular weight excluding hydrogens is 232 g/mol. The number of ether oxygens (including phenoxy) is 1. The van der Waals surface area contributed by atoms with Gasteiger partial charge in [-0.15, -0.1) is 0 Å². The van der Waals surface area contributed by atoms with Crippen LogP contribution in [0.3, 0.4) is 0 Å². The van der Waals surface area contributed by atoms with Crippen molar-refractivity contribution in [1.29, 1.82) is 0 Å². The molecule has 0 bridgehead atoms. The fourth-order valence-corrected chi connectivity index (χ4v) is 4.65. The first-order valence-corrected chi connectivity index (χ1v) is 8.83. The van der Waals surface area contributed by atoms with Crippen molar-refractivity contribution in [3.05, 3.63) is 12.2 Å². The van der Waals surface area contributed by atoms with E-state index in [0.717, 1.165) is 43.9 Å². The molecule has 0 heterocycles. The minimum atomic E-state index is -1.95. The lowest BCUT2D eigenvalue weighted by Gasteiger charge is -2.28. The molecule has 0 rings (SSSR count). The van der Waals surface area contributed by atoms with Gasteiger partial charge in [0, 0.05) is 19.8 Å². The molecule has 0 aliphatic rings. The third-order valence-corrected chi connectivity index (χ3v) is 6.37. The summed E-state index contributed by atoms with van der Waals surface area (Å²) in [5.74, 6) is 0. The largest absolute Gasteiger partial charge is 0.394 e. The molecule has 0 aliphatic carbocycles. The van der Waals surface area contributed by atoms with Crippen molar-refractivity contribution in [3.63, 3.8) is 0 Å². The molecule has 0 aromatic carbocycles. The van der Waals surface area contributed by atoms with Crippen LogP contribution in [0.5, 0.6) is 0 Å². The highest BCUT2D eigenvalue weighted by atomic mass is 28.4. The van der Waals surface area contributed by atoms with E-state index in [1.165, 1.54) is 0 Å². The highest BCUT2D eigenvalue weighted by Crippen LogP contribution is 2.20. The lowest BCUT2D eigenvalue weighted by molar-refractivity contribution is 0.146. The Bertz CT molecular complexity index is 201. The second-order valence-corrected chi connectivity index (χ2v) is 7.85. The first-order chi connectivity index (χ1) is 8.10. The van der Waals surface area contributed by atoms with Crippen LogP contribution in [0.15, 0.2) is 12.2 Å². The highest BCUT2D eigenvalue weighted by molar-refractivity contribution is 6.67. The quantitative estimate of drug-likeness (QED) is 0.323. The zero-order chi connectivity index (χ0) is 13.1. The molecule has 0 atom stereocenters. The summed E-state index contributed by atoms with van der Waals surface area (Å²) in [6.45, 7) is 14.9. The molecule has 0 aliphatic heterocycles. The van der Waals surface area contributed by atoms with Crippen LogP contribution in [0.1, 0.15) is 34.1 Å². The van der Waals surface area contributed by atoms with E-state index in [-0.39, 0.29) is 0 Å². The minimum absolute atomic E-state index is 0.657. The van der Waals surface area contributed by atoms with Gasteiger partial charge in [0.05, 0.1) is 6.61 Å². The zero-order valence-corrected chi connectivity index (χ0v) is 12.9. The van der Waals surface area contributed by atoms with Crippen molar-refractivity contribution >= 4 is 8.56 Å². The van der Waals surface area contributed by atoms with Crippen LogP contribution in [0, 0.1) is 0 Å². The monoisotopic (exact) mass is 260 g/mol. The molecule has 0 N–H and O–H groups in total. The summed E-state index contributed by atoms with van der Waals surface area (Å²) in [4.78, 5) is 0. The average molecular weight is 260 g/mol. The van der Waals surface area contributed by atoms with Crippen LogP contribution in [-0.2, 0) is 13.6 Å². The molecule has 0 unspecified atom stereocenters. The maximum Gasteiger partial charge on any atom is 0.337 e. The maximum absolute atomic E-state index is 5.89. The highest BCUT2D eigenvalue weighted by Gasteiger charge is 2.34. The molecule has 0 aromatic heterocycles. The van der Waals surface area contributed by atoms with Crippen molar-refractivity contribution in [1.82, 2.24) is 0 Å². The van der Waals surface area contributed by atoms with Gasteiger partial charge < -0.3 is 13.6 Å². The summed E-state index contributed by atoms with van der Waals surface area (Å²) in [5.41, 5.74) is 1.07. The molecule has 0 aromatic rings. The lowest BCUT2D eigenvalue weighted by Crippen LogP contribution is -2.41. The topological polar surface area (TPSA) is 27.7 Å². The standard InChI is InChI=1S/C13H28O3Si/c1-6-15-17(8-3,16-7-2)11-9-10-14-12-13(4)5/h4,6-12H2,1-3,5H3. The Morgan fingerprint density at radius 2 is 1.71 bits per heavy atom. The molecular formula is C13H28O3Si. The van der Waals surface area contributed by atoms with E-state index >= 15 is 0 Å². The van der Waals surface area contributed by atoms with Crippen LogP contribution >= 0.6 is 0 Å². The summed E-state index contributed by atoms with van der Waals surface area (Å²) in [6.07, 6.45) is 1.01. The van der Waals surface area contributed by atoms with Crippen molar-refractivity contribution in [3.8, 4) is 0 Å². The molecule has 0 saturated heterocycles. The van der Waals surface area contributed by atoms with Crippen molar-refractivity contribution < 1.29 is 13.6 Å². The first kappa shape index (κ1) is 16.8. The number of rotatable bonds is 11. The van der Waals surface area contributed by atoms with Gasteiger partial charge in [-0.3, -0.25) is 0 Å². The van der Waals surface area contributed by atoms with Crippen LogP contribution in [0.25, 0.3) is 0 Å². The van der Waals surface area contributed by atoms with Gasteiger partial charge in [-0.25, -0.2) is 0 Å². The third-order valence-electron chi connectivity index (χ3n) is 2.55. The fourth-order valence-electron chi connectivity index (χ4n) is 1.78. The Kier molecular flexibility index (Phi) is 9.73. The van der Waals surface area contributed by atoms with Gasteiger partial charge in [0.15, 0.2) is 0 Å². The number of hydrogen-bond donors (Lipinski definition) is 0. The Balaban J connectivity index is 3.93. The summed E-state index contributed by atoms with van der Waals surface area (Å²) in [5, 5.41) is 0. The van der Waals surface area contributed by atoms with Gasteiger partial charge in [-0.1, -0.05) is 19.1 Å². The van der Waals surface area contributed by atoms with Crippen molar-refractivity contribution in [2.45, 2.75) is 46.2 Å². The van der Waals surface area contributed by atoms with Crippen molar-refractivity contribution in [2.75, 3.05) is 26.4 Å². The smallest absolute Gasteiger partial charge is 0.337 e. The van der Waals surface area contributed by atoms with Gasteiger partial charge in [0.2, 0.25) is 0 Å². The van der Waals surface area contributed by atoms with Gasteiger partial charge in [0.25, 0.3) is 0 Å². The second-order valence-electron chi connectivity index (χ2n) is 4.24.